The van der Waals surface area contributed by atoms with Crippen LogP contribution in [0.25, 0.3) is 0 Å². The van der Waals surface area contributed by atoms with Crippen LogP contribution in [0.2, 0.25) is 0 Å². The SMILES string of the molecule is NC(=O)c1cc([Se](=O)O)ccc1O. The van der Waals surface area contributed by atoms with Crippen LogP contribution in [0.5, 0.6) is 5.75 Å². The number of carbonyl (C=O) groups excluding carboxylic acids is 1. The molecule has 70 valence electrons. The average molecular weight is 248 g/mol. The van der Waals surface area contributed by atoms with Crippen LogP contribution in [-0.4, -0.2) is 29.4 Å². The number of rotatable bonds is 2. The maximum atomic E-state index is 10.7. The Morgan fingerprint density at radius 3 is 2.54 bits per heavy atom. The third-order valence-electron chi connectivity index (χ3n) is 1.44. The van der Waals surface area contributed by atoms with Gasteiger partial charge in [0.25, 0.3) is 0 Å². The average Bonchev–Trinajstić information content (AvgIpc) is 2.04. The Hall–Kier alpha value is -1.23. The molecule has 0 saturated heterocycles. The van der Waals surface area contributed by atoms with Gasteiger partial charge in [0.2, 0.25) is 0 Å². The van der Waals surface area contributed by atoms with Crippen LogP contribution in [0.15, 0.2) is 18.2 Å². The number of aromatic hydroxyl groups is 1. The van der Waals surface area contributed by atoms with Crippen molar-refractivity contribution in [1.29, 1.82) is 0 Å². The Morgan fingerprint density at radius 2 is 2.08 bits per heavy atom. The molecule has 0 aliphatic carbocycles. The van der Waals surface area contributed by atoms with E-state index in [1.807, 2.05) is 0 Å². The predicted molar refractivity (Wildman–Crippen MR) is 44.9 cm³/mol. The first kappa shape index (κ1) is 9.85. The number of phenols is 1. The summed E-state index contributed by atoms with van der Waals surface area (Å²) < 4.78 is 19.5. The van der Waals surface area contributed by atoms with Crippen molar-refractivity contribution in [3.63, 3.8) is 0 Å². The molecule has 0 aliphatic heterocycles. The van der Waals surface area contributed by atoms with Crippen molar-refractivity contribution in [2.24, 2.45) is 5.73 Å². The molecule has 6 heteroatoms. The molecule has 0 saturated carbocycles. The topological polar surface area (TPSA) is 101 Å². The van der Waals surface area contributed by atoms with Gasteiger partial charge >= 0.3 is 77.7 Å². The normalized spacial score (nSPS) is 12.4. The summed E-state index contributed by atoms with van der Waals surface area (Å²) >= 11 is -3.06. The number of nitrogens with two attached hydrogens (primary N) is 1. The van der Waals surface area contributed by atoms with E-state index in [4.69, 9.17) is 15.0 Å². The molecule has 5 nitrogen and oxygen atoms in total. The number of primary amides is 1. The Morgan fingerprint density at radius 1 is 1.46 bits per heavy atom. The molecule has 1 rings (SSSR count). The fraction of sp³-hybridized carbons (Fsp3) is 0. The van der Waals surface area contributed by atoms with Gasteiger partial charge in [-0.15, -0.1) is 0 Å². The molecule has 0 bridgehead atoms. The van der Waals surface area contributed by atoms with Gasteiger partial charge in [-0.3, -0.25) is 0 Å². The standard InChI is InChI=1S/C7H7NO4Se/c8-7(10)5-3-4(13(11)12)1-2-6(5)9/h1-3,9H,(H2,8,10)(H,11,12). The van der Waals surface area contributed by atoms with E-state index >= 15 is 0 Å². The zero-order chi connectivity index (χ0) is 10.0. The second-order valence-electron chi connectivity index (χ2n) is 2.29. The third kappa shape index (κ3) is 2.12. The first-order chi connectivity index (χ1) is 6.02. The molecule has 0 spiro atoms. The molecule has 4 N–H and O–H groups in total. The first-order valence-corrected chi connectivity index (χ1v) is 5.58. The van der Waals surface area contributed by atoms with Gasteiger partial charge in [0.15, 0.2) is 0 Å². The van der Waals surface area contributed by atoms with Crippen LogP contribution in [0.1, 0.15) is 10.4 Å². The van der Waals surface area contributed by atoms with E-state index in [-0.39, 0.29) is 15.8 Å². The zero-order valence-electron chi connectivity index (χ0n) is 6.43. The summed E-state index contributed by atoms with van der Waals surface area (Å²) in [5.41, 5.74) is 4.77. The van der Waals surface area contributed by atoms with Gasteiger partial charge in [-0.25, -0.2) is 0 Å². The van der Waals surface area contributed by atoms with Gasteiger partial charge in [0, 0.05) is 0 Å². The van der Waals surface area contributed by atoms with Crippen LogP contribution in [0.4, 0.5) is 0 Å². The van der Waals surface area contributed by atoms with Crippen molar-refractivity contribution >= 4 is 24.5 Å². The summed E-state index contributed by atoms with van der Waals surface area (Å²) in [5, 5.41) is 9.12. The molecule has 0 aliphatic rings. The van der Waals surface area contributed by atoms with Crippen LogP contribution in [-0.2, 0) is 3.83 Å². The third-order valence-corrected chi connectivity index (χ3v) is 2.81. The minimum absolute atomic E-state index is 0.117. The van der Waals surface area contributed by atoms with Crippen molar-refractivity contribution in [3.05, 3.63) is 23.8 Å². The van der Waals surface area contributed by atoms with Crippen LogP contribution < -0.4 is 10.2 Å². The van der Waals surface area contributed by atoms with E-state index in [1.54, 1.807) is 0 Å². The van der Waals surface area contributed by atoms with Crippen LogP contribution >= 0.6 is 0 Å². The summed E-state index contributed by atoms with van der Waals surface area (Å²) in [6.45, 7) is 0. The summed E-state index contributed by atoms with van der Waals surface area (Å²) in [6.07, 6.45) is 0. The summed E-state index contributed by atoms with van der Waals surface area (Å²) in [7, 11) is 0. The maximum absolute atomic E-state index is 10.7. The van der Waals surface area contributed by atoms with E-state index in [9.17, 15) is 8.63 Å². The molecule has 0 heterocycles. The Balaban J connectivity index is 3.27. The molecule has 1 atom stereocenters. The number of hydrogen-bond donors (Lipinski definition) is 3. The fourth-order valence-corrected chi connectivity index (χ4v) is 1.67. The predicted octanol–water partition coefficient (Wildman–Crippen LogP) is -1.39. The molecule has 1 unspecified atom stereocenters. The van der Waals surface area contributed by atoms with Crippen molar-refractivity contribution in [2.75, 3.05) is 0 Å². The summed E-state index contributed by atoms with van der Waals surface area (Å²) in [5.74, 6) is -1.12. The summed E-state index contributed by atoms with van der Waals surface area (Å²) in [6, 6.07) is 3.56. The van der Waals surface area contributed by atoms with Crippen molar-refractivity contribution in [2.45, 2.75) is 0 Å². The van der Waals surface area contributed by atoms with Gasteiger partial charge in [-0.1, -0.05) is 0 Å². The van der Waals surface area contributed by atoms with Gasteiger partial charge < -0.3 is 0 Å². The van der Waals surface area contributed by atoms with Crippen LogP contribution in [0, 0.1) is 0 Å². The molecule has 1 amide bonds. The second-order valence-corrected chi connectivity index (χ2v) is 4.33. The molecule has 0 fully saturated rings. The molecule has 0 radical (unpaired) electrons. The van der Waals surface area contributed by atoms with E-state index in [0.29, 0.717) is 0 Å². The van der Waals surface area contributed by atoms with E-state index in [2.05, 4.69) is 0 Å². The van der Waals surface area contributed by atoms with Gasteiger partial charge in [-0.05, 0) is 0 Å². The van der Waals surface area contributed by atoms with Crippen LogP contribution in [0.3, 0.4) is 0 Å². The van der Waals surface area contributed by atoms with Crippen molar-refractivity contribution < 1.29 is 17.9 Å². The van der Waals surface area contributed by atoms with Gasteiger partial charge in [0.1, 0.15) is 0 Å². The van der Waals surface area contributed by atoms with E-state index < -0.39 is 20.1 Å². The number of benzene rings is 1. The Labute approximate surface area is 78.2 Å². The van der Waals surface area contributed by atoms with Gasteiger partial charge in [0.05, 0.1) is 0 Å². The summed E-state index contributed by atoms with van der Waals surface area (Å²) in [4.78, 5) is 10.7. The second kappa shape index (κ2) is 3.66. The Bertz CT molecular complexity index is 377. The fourth-order valence-electron chi connectivity index (χ4n) is 0.821. The van der Waals surface area contributed by atoms with E-state index in [1.165, 1.54) is 12.1 Å². The molecule has 1 aromatic carbocycles. The zero-order valence-corrected chi connectivity index (χ0v) is 8.14. The molecular formula is C7H7NO4Se. The Kier molecular flexibility index (Phi) is 2.77. The van der Waals surface area contributed by atoms with E-state index in [0.717, 1.165) is 6.07 Å². The van der Waals surface area contributed by atoms with Gasteiger partial charge in [-0.2, -0.15) is 0 Å². The quantitative estimate of drug-likeness (QED) is 0.561. The first-order valence-electron chi connectivity index (χ1n) is 3.26. The number of amides is 1. The molecular weight excluding hydrogens is 241 g/mol. The number of hydrogen-bond acceptors (Lipinski definition) is 3. The minimum atomic E-state index is -3.06. The monoisotopic (exact) mass is 249 g/mol. The molecule has 1 aromatic rings. The molecule has 0 aromatic heterocycles. The number of carbonyl (C=O) groups is 1. The van der Waals surface area contributed by atoms with Crippen molar-refractivity contribution in [3.8, 4) is 5.75 Å². The molecule has 13 heavy (non-hydrogen) atoms. The van der Waals surface area contributed by atoms with Crippen molar-refractivity contribution in [1.82, 2.24) is 0 Å².